The predicted molar refractivity (Wildman–Crippen MR) is 111 cm³/mol. The lowest BCUT2D eigenvalue weighted by molar-refractivity contribution is -0.132. The van der Waals surface area contributed by atoms with Crippen molar-refractivity contribution >= 4 is 39.1 Å². The van der Waals surface area contributed by atoms with Gasteiger partial charge in [0.1, 0.15) is 34.9 Å². The summed E-state index contributed by atoms with van der Waals surface area (Å²) in [5.41, 5.74) is -0.555. The summed E-state index contributed by atoms with van der Waals surface area (Å²) in [6, 6.07) is 8.80. The third-order valence-corrected chi connectivity index (χ3v) is 5.47. The van der Waals surface area contributed by atoms with Crippen molar-refractivity contribution in [3.05, 3.63) is 87.8 Å². The van der Waals surface area contributed by atoms with Gasteiger partial charge in [-0.25, -0.2) is 8.78 Å². The fourth-order valence-corrected chi connectivity index (χ4v) is 3.98. The van der Waals surface area contributed by atoms with Crippen molar-refractivity contribution < 1.29 is 32.6 Å². The van der Waals surface area contributed by atoms with E-state index < -0.39 is 40.8 Å². The van der Waals surface area contributed by atoms with E-state index in [1.54, 1.807) is 6.07 Å². The molecule has 1 unspecified atom stereocenters. The van der Waals surface area contributed by atoms with Crippen LogP contribution in [0.3, 0.4) is 0 Å². The van der Waals surface area contributed by atoms with Crippen LogP contribution in [0.2, 0.25) is 0 Å². The Labute approximate surface area is 183 Å². The molecular formula is C22H14BrF2NO5. The van der Waals surface area contributed by atoms with E-state index in [9.17, 15) is 23.5 Å². The Morgan fingerprint density at radius 2 is 1.94 bits per heavy atom. The van der Waals surface area contributed by atoms with E-state index in [-0.39, 0.29) is 16.9 Å². The Balaban J connectivity index is 1.94. The summed E-state index contributed by atoms with van der Waals surface area (Å²) >= 11 is 3.30. The summed E-state index contributed by atoms with van der Waals surface area (Å²) in [5, 5.41) is 11.0. The summed E-state index contributed by atoms with van der Waals surface area (Å²) in [4.78, 5) is 26.6. The van der Waals surface area contributed by atoms with E-state index >= 15 is 0 Å². The lowest BCUT2D eigenvalue weighted by atomic mass is 9.99. The maximum atomic E-state index is 14.5. The SMILES string of the molecule is COc1ccc(/C(O)=C2/C(=O)C(=O)N(c3cc(F)ccc3F)C2c2ccco2)cc1Br. The topological polar surface area (TPSA) is 80.0 Å². The molecule has 1 amide bonds. The zero-order valence-electron chi connectivity index (χ0n) is 15.9. The molecule has 158 valence electrons. The van der Waals surface area contributed by atoms with Crippen LogP contribution in [-0.2, 0) is 9.59 Å². The highest BCUT2D eigenvalue weighted by atomic mass is 79.9. The number of Topliss-reactive ketones (excluding diaryl/α,β-unsaturated/α-hetero) is 1. The van der Waals surface area contributed by atoms with E-state index in [0.29, 0.717) is 10.2 Å². The molecule has 1 atom stereocenters. The van der Waals surface area contributed by atoms with Crippen molar-refractivity contribution in [2.45, 2.75) is 6.04 Å². The first-order valence-corrected chi connectivity index (χ1v) is 9.76. The minimum absolute atomic E-state index is 0.0944. The van der Waals surface area contributed by atoms with Gasteiger partial charge in [0.05, 0.1) is 29.1 Å². The Morgan fingerprint density at radius 1 is 1.16 bits per heavy atom. The van der Waals surface area contributed by atoms with Gasteiger partial charge in [-0.1, -0.05) is 0 Å². The van der Waals surface area contributed by atoms with Gasteiger partial charge in [0.2, 0.25) is 0 Å². The van der Waals surface area contributed by atoms with Crippen LogP contribution >= 0.6 is 15.9 Å². The van der Waals surface area contributed by atoms with Crippen LogP contribution in [0.15, 0.2) is 69.3 Å². The van der Waals surface area contributed by atoms with Crippen molar-refractivity contribution in [3.63, 3.8) is 0 Å². The standard InChI is InChI=1S/C22H14BrF2NO5/c1-30-16-7-4-11(9-13(16)23)20(27)18-19(17-3-2-8-31-17)26(22(29)21(18)28)15-10-12(24)5-6-14(15)25/h2-10,19,27H,1H3/b20-18-. The summed E-state index contributed by atoms with van der Waals surface area (Å²) in [7, 11) is 1.47. The number of hydrogen-bond acceptors (Lipinski definition) is 5. The normalized spacial score (nSPS) is 17.9. The molecule has 4 rings (SSSR count). The lowest BCUT2D eigenvalue weighted by Gasteiger charge is -2.23. The van der Waals surface area contributed by atoms with Gasteiger partial charge < -0.3 is 14.3 Å². The van der Waals surface area contributed by atoms with Crippen molar-refractivity contribution in [3.8, 4) is 5.75 Å². The molecule has 1 aliphatic rings. The average Bonchev–Trinajstić information content (AvgIpc) is 3.36. The predicted octanol–water partition coefficient (Wildman–Crippen LogP) is 4.96. The first-order chi connectivity index (χ1) is 14.8. The molecule has 9 heteroatoms. The molecule has 1 aromatic heterocycles. The molecule has 0 radical (unpaired) electrons. The minimum Gasteiger partial charge on any atom is -0.507 e. The second-order valence-corrected chi connectivity index (χ2v) is 7.48. The smallest absolute Gasteiger partial charge is 0.300 e. The second kappa shape index (κ2) is 7.99. The Hall–Kier alpha value is -3.46. The maximum Gasteiger partial charge on any atom is 0.300 e. The van der Waals surface area contributed by atoms with E-state index in [0.717, 1.165) is 23.1 Å². The first-order valence-electron chi connectivity index (χ1n) is 8.97. The number of ketones is 1. The quantitative estimate of drug-likeness (QED) is 0.318. The second-order valence-electron chi connectivity index (χ2n) is 6.63. The molecule has 6 nitrogen and oxygen atoms in total. The molecule has 0 bridgehead atoms. The van der Waals surface area contributed by atoms with Gasteiger partial charge in [-0.15, -0.1) is 0 Å². The zero-order chi connectivity index (χ0) is 22.3. The molecule has 2 aromatic carbocycles. The number of furan rings is 1. The summed E-state index contributed by atoms with van der Waals surface area (Å²) < 4.78 is 39.4. The van der Waals surface area contributed by atoms with Crippen molar-refractivity contribution in [2.24, 2.45) is 0 Å². The van der Waals surface area contributed by atoms with Gasteiger partial charge in [-0.05, 0) is 58.4 Å². The van der Waals surface area contributed by atoms with Gasteiger partial charge in [-0.3, -0.25) is 14.5 Å². The van der Waals surface area contributed by atoms with Crippen molar-refractivity contribution in [2.75, 3.05) is 12.0 Å². The van der Waals surface area contributed by atoms with Crippen LogP contribution in [0.4, 0.5) is 14.5 Å². The molecule has 31 heavy (non-hydrogen) atoms. The van der Waals surface area contributed by atoms with E-state index in [1.165, 1.54) is 37.6 Å². The number of hydrogen-bond donors (Lipinski definition) is 1. The molecule has 0 spiro atoms. The zero-order valence-corrected chi connectivity index (χ0v) is 17.5. The maximum absolute atomic E-state index is 14.5. The fourth-order valence-electron chi connectivity index (χ4n) is 3.44. The van der Waals surface area contributed by atoms with Gasteiger partial charge in [0.25, 0.3) is 11.7 Å². The number of carbonyl (C=O) groups is 2. The van der Waals surface area contributed by atoms with Crippen molar-refractivity contribution in [1.29, 1.82) is 0 Å². The molecule has 3 aromatic rings. The van der Waals surface area contributed by atoms with Gasteiger partial charge >= 0.3 is 0 Å². The molecule has 1 saturated heterocycles. The number of rotatable bonds is 4. The molecule has 0 aliphatic carbocycles. The molecule has 2 heterocycles. The summed E-state index contributed by atoms with van der Waals surface area (Å²) in [6.07, 6.45) is 1.31. The number of methoxy groups -OCH3 is 1. The van der Waals surface area contributed by atoms with Crippen LogP contribution in [-0.4, -0.2) is 23.9 Å². The number of anilines is 1. The van der Waals surface area contributed by atoms with Gasteiger partial charge in [0.15, 0.2) is 0 Å². The molecule has 1 fully saturated rings. The Bertz CT molecular complexity index is 1220. The number of halogens is 3. The number of aliphatic hydroxyl groups excluding tert-OH is 1. The number of ether oxygens (including phenoxy) is 1. The monoisotopic (exact) mass is 489 g/mol. The van der Waals surface area contributed by atoms with Crippen LogP contribution < -0.4 is 9.64 Å². The lowest BCUT2D eigenvalue weighted by Crippen LogP contribution is -2.30. The van der Waals surface area contributed by atoms with Crippen LogP contribution in [0.25, 0.3) is 5.76 Å². The van der Waals surface area contributed by atoms with Crippen LogP contribution in [0.1, 0.15) is 17.4 Å². The fraction of sp³-hybridized carbons (Fsp3) is 0.0909. The van der Waals surface area contributed by atoms with Crippen LogP contribution in [0, 0.1) is 11.6 Å². The van der Waals surface area contributed by atoms with Crippen LogP contribution in [0.5, 0.6) is 5.75 Å². The third-order valence-electron chi connectivity index (χ3n) is 4.85. The Morgan fingerprint density at radius 3 is 2.58 bits per heavy atom. The Kier molecular flexibility index (Phi) is 5.36. The summed E-state index contributed by atoms with van der Waals surface area (Å²) in [5.74, 6) is -3.81. The minimum atomic E-state index is -1.30. The molecule has 1 aliphatic heterocycles. The number of benzene rings is 2. The first kappa shape index (κ1) is 20.8. The number of aliphatic hydroxyl groups is 1. The van der Waals surface area contributed by atoms with Gasteiger partial charge in [-0.2, -0.15) is 0 Å². The van der Waals surface area contributed by atoms with Gasteiger partial charge in [0, 0.05) is 11.6 Å². The summed E-state index contributed by atoms with van der Waals surface area (Å²) in [6.45, 7) is 0. The molecule has 0 saturated carbocycles. The number of nitrogens with zero attached hydrogens (tertiary/aromatic N) is 1. The third kappa shape index (κ3) is 3.50. The number of amides is 1. The van der Waals surface area contributed by atoms with E-state index in [2.05, 4.69) is 15.9 Å². The highest BCUT2D eigenvalue weighted by molar-refractivity contribution is 9.10. The molecular weight excluding hydrogens is 476 g/mol. The van der Waals surface area contributed by atoms with Crippen molar-refractivity contribution in [1.82, 2.24) is 0 Å². The number of carbonyl (C=O) groups excluding carboxylic acids is 2. The average molecular weight is 490 g/mol. The van der Waals surface area contributed by atoms with E-state index in [4.69, 9.17) is 9.15 Å². The molecule has 1 N–H and O–H groups in total. The highest BCUT2D eigenvalue weighted by Gasteiger charge is 2.49. The largest absolute Gasteiger partial charge is 0.507 e. The highest BCUT2D eigenvalue weighted by Crippen LogP contribution is 2.43. The van der Waals surface area contributed by atoms with E-state index in [1.807, 2.05) is 0 Å².